The van der Waals surface area contributed by atoms with E-state index in [9.17, 15) is 18.0 Å². The molecule has 32 heavy (non-hydrogen) atoms. The first-order valence-electron chi connectivity index (χ1n) is 10.6. The van der Waals surface area contributed by atoms with Crippen molar-refractivity contribution in [1.29, 1.82) is 0 Å². The summed E-state index contributed by atoms with van der Waals surface area (Å²) in [6.45, 7) is 4.34. The van der Waals surface area contributed by atoms with Gasteiger partial charge in [0.2, 0.25) is 5.91 Å². The third kappa shape index (κ3) is 6.13. The molecule has 1 atom stereocenters. The first kappa shape index (κ1) is 23.4. The SMILES string of the molecule is CC(C)[C@H](CNC(=O)C(c1ccccc1)c1ccccc1)Nc1ccc(C(F)(F)F)cc1. The monoisotopic (exact) mass is 440 g/mol. The lowest BCUT2D eigenvalue weighted by molar-refractivity contribution is -0.137. The number of halogens is 3. The van der Waals surface area contributed by atoms with Crippen LogP contribution < -0.4 is 10.6 Å². The van der Waals surface area contributed by atoms with E-state index in [0.717, 1.165) is 23.3 Å². The van der Waals surface area contributed by atoms with Crippen molar-refractivity contribution in [3.63, 3.8) is 0 Å². The van der Waals surface area contributed by atoms with Crippen molar-refractivity contribution in [2.24, 2.45) is 5.92 Å². The van der Waals surface area contributed by atoms with Crippen LogP contribution in [0.5, 0.6) is 0 Å². The highest BCUT2D eigenvalue weighted by Crippen LogP contribution is 2.30. The summed E-state index contributed by atoms with van der Waals surface area (Å²) in [6, 6.07) is 23.9. The van der Waals surface area contributed by atoms with Crippen molar-refractivity contribution < 1.29 is 18.0 Å². The number of alkyl halides is 3. The van der Waals surface area contributed by atoms with E-state index in [1.54, 1.807) is 0 Å². The normalized spacial score (nSPS) is 12.6. The first-order valence-corrected chi connectivity index (χ1v) is 10.6. The molecule has 2 N–H and O–H groups in total. The molecule has 0 aliphatic rings. The summed E-state index contributed by atoms with van der Waals surface area (Å²) in [5, 5.41) is 6.28. The highest BCUT2D eigenvalue weighted by Gasteiger charge is 2.30. The van der Waals surface area contributed by atoms with Crippen LogP contribution in [0, 0.1) is 5.92 Å². The van der Waals surface area contributed by atoms with Gasteiger partial charge < -0.3 is 10.6 Å². The number of nitrogens with one attached hydrogen (secondary N) is 2. The maximum Gasteiger partial charge on any atom is 0.416 e. The molecule has 0 bridgehead atoms. The van der Waals surface area contributed by atoms with Crippen LogP contribution in [0.25, 0.3) is 0 Å². The van der Waals surface area contributed by atoms with Gasteiger partial charge in [-0.05, 0) is 41.3 Å². The average Bonchev–Trinajstić information content (AvgIpc) is 2.78. The number of benzene rings is 3. The van der Waals surface area contributed by atoms with Crippen LogP contribution in [0.2, 0.25) is 0 Å². The van der Waals surface area contributed by atoms with Crippen molar-refractivity contribution in [2.45, 2.75) is 32.0 Å². The predicted octanol–water partition coefficient (Wildman–Crippen LogP) is 6.09. The Labute approximate surface area is 186 Å². The number of hydrogen-bond donors (Lipinski definition) is 2. The lowest BCUT2D eigenvalue weighted by Gasteiger charge is -2.26. The van der Waals surface area contributed by atoms with Crippen molar-refractivity contribution in [2.75, 3.05) is 11.9 Å². The standard InChI is InChI=1S/C26H27F3N2O/c1-18(2)23(31-22-15-13-21(14-16-22)26(27,28)29)17-30-25(32)24(19-9-5-3-6-10-19)20-11-7-4-8-12-20/h3-16,18,23-24,31H,17H2,1-2H3,(H,30,32)/t23-/m0/s1. The molecule has 3 aromatic rings. The minimum atomic E-state index is -4.37. The largest absolute Gasteiger partial charge is 0.416 e. The number of amides is 1. The molecule has 0 heterocycles. The molecule has 0 saturated heterocycles. The molecule has 0 unspecified atom stereocenters. The highest BCUT2D eigenvalue weighted by molar-refractivity contribution is 5.87. The van der Waals surface area contributed by atoms with E-state index in [1.807, 2.05) is 74.5 Å². The third-order valence-corrected chi connectivity index (χ3v) is 5.39. The maximum absolute atomic E-state index is 13.2. The number of anilines is 1. The van der Waals surface area contributed by atoms with Gasteiger partial charge in [-0.25, -0.2) is 0 Å². The Morgan fingerprint density at radius 2 is 1.31 bits per heavy atom. The smallest absolute Gasteiger partial charge is 0.380 e. The Morgan fingerprint density at radius 1 is 0.812 bits per heavy atom. The molecule has 3 aromatic carbocycles. The van der Waals surface area contributed by atoms with Crippen molar-refractivity contribution in [3.05, 3.63) is 102 Å². The van der Waals surface area contributed by atoms with Gasteiger partial charge >= 0.3 is 6.18 Å². The van der Waals surface area contributed by atoms with Crippen LogP contribution in [0.1, 0.15) is 36.5 Å². The Balaban J connectivity index is 1.72. The molecule has 0 fully saturated rings. The van der Waals surface area contributed by atoms with E-state index in [-0.39, 0.29) is 17.9 Å². The molecule has 3 rings (SSSR count). The van der Waals surface area contributed by atoms with E-state index in [4.69, 9.17) is 0 Å². The van der Waals surface area contributed by atoms with Crippen molar-refractivity contribution in [3.8, 4) is 0 Å². The number of carbonyl (C=O) groups is 1. The zero-order valence-corrected chi connectivity index (χ0v) is 18.1. The second kappa shape index (κ2) is 10.4. The van der Waals surface area contributed by atoms with E-state index in [0.29, 0.717) is 12.2 Å². The topological polar surface area (TPSA) is 41.1 Å². The Kier molecular flexibility index (Phi) is 7.57. The van der Waals surface area contributed by atoms with Crippen LogP contribution >= 0.6 is 0 Å². The first-order chi connectivity index (χ1) is 15.3. The van der Waals surface area contributed by atoms with Crippen molar-refractivity contribution in [1.82, 2.24) is 5.32 Å². The Morgan fingerprint density at radius 3 is 1.75 bits per heavy atom. The maximum atomic E-state index is 13.2. The highest BCUT2D eigenvalue weighted by atomic mass is 19.4. The molecule has 0 radical (unpaired) electrons. The Bertz CT molecular complexity index is 948. The fourth-order valence-electron chi connectivity index (χ4n) is 3.52. The van der Waals surface area contributed by atoms with Crippen LogP contribution in [0.4, 0.5) is 18.9 Å². The molecule has 0 aromatic heterocycles. The number of rotatable bonds is 8. The third-order valence-electron chi connectivity index (χ3n) is 5.39. The molecule has 3 nitrogen and oxygen atoms in total. The molecular formula is C26H27F3N2O. The van der Waals surface area contributed by atoms with Crippen LogP contribution in [0.15, 0.2) is 84.9 Å². The molecule has 0 spiro atoms. The summed E-state index contributed by atoms with van der Waals surface area (Å²) >= 11 is 0. The zero-order chi connectivity index (χ0) is 23.1. The van der Waals surface area contributed by atoms with Gasteiger partial charge in [0.05, 0.1) is 11.5 Å². The zero-order valence-electron chi connectivity index (χ0n) is 18.1. The predicted molar refractivity (Wildman–Crippen MR) is 121 cm³/mol. The second-order valence-electron chi connectivity index (χ2n) is 8.07. The molecule has 6 heteroatoms. The molecule has 1 amide bonds. The van der Waals surface area contributed by atoms with Gasteiger partial charge in [-0.2, -0.15) is 13.2 Å². The number of carbonyl (C=O) groups excluding carboxylic acids is 1. The minimum Gasteiger partial charge on any atom is -0.380 e. The van der Waals surface area contributed by atoms with E-state index in [1.165, 1.54) is 12.1 Å². The summed E-state index contributed by atoms with van der Waals surface area (Å²) in [5.41, 5.74) is 1.68. The van der Waals surface area contributed by atoms with Gasteiger partial charge in [0, 0.05) is 18.3 Å². The number of hydrogen-bond acceptors (Lipinski definition) is 2. The van der Waals surface area contributed by atoms with E-state index in [2.05, 4.69) is 10.6 Å². The van der Waals surface area contributed by atoms with Gasteiger partial charge in [-0.1, -0.05) is 74.5 Å². The molecule has 0 aliphatic carbocycles. The Hall–Kier alpha value is -3.28. The minimum absolute atomic E-state index is 0.123. The summed E-state index contributed by atoms with van der Waals surface area (Å²) in [6.07, 6.45) is -4.37. The van der Waals surface area contributed by atoms with Gasteiger partial charge in [-0.3, -0.25) is 4.79 Å². The van der Waals surface area contributed by atoms with Crippen LogP contribution in [0.3, 0.4) is 0 Å². The summed E-state index contributed by atoms with van der Waals surface area (Å²) in [5.74, 6) is -0.428. The van der Waals surface area contributed by atoms with Gasteiger partial charge in [0.15, 0.2) is 0 Å². The van der Waals surface area contributed by atoms with E-state index >= 15 is 0 Å². The molecule has 0 aliphatic heterocycles. The van der Waals surface area contributed by atoms with Crippen LogP contribution in [-0.2, 0) is 11.0 Å². The van der Waals surface area contributed by atoms with E-state index < -0.39 is 17.7 Å². The van der Waals surface area contributed by atoms with Gasteiger partial charge in [-0.15, -0.1) is 0 Å². The van der Waals surface area contributed by atoms with Gasteiger partial charge in [0.1, 0.15) is 0 Å². The average molecular weight is 441 g/mol. The van der Waals surface area contributed by atoms with Crippen LogP contribution in [-0.4, -0.2) is 18.5 Å². The summed E-state index contributed by atoms with van der Waals surface area (Å²) in [7, 11) is 0. The lowest BCUT2D eigenvalue weighted by atomic mass is 9.90. The molecular weight excluding hydrogens is 413 g/mol. The van der Waals surface area contributed by atoms with Crippen molar-refractivity contribution >= 4 is 11.6 Å². The molecule has 168 valence electrons. The fourth-order valence-corrected chi connectivity index (χ4v) is 3.52. The summed E-state index contributed by atoms with van der Waals surface area (Å²) < 4.78 is 38.4. The van der Waals surface area contributed by atoms with Gasteiger partial charge in [0.25, 0.3) is 0 Å². The lowest BCUT2D eigenvalue weighted by Crippen LogP contribution is -2.41. The summed E-state index contributed by atoms with van der Waals surface area (Å²) in [4.78, 5) is 13.2. The fraction of sp³-hybridized carbons (Fsp3) is 0.269. The molecule has 0 saturated carbocycles. The quantitative estimate of drug-likeness (QED) is 0.445. The second-order valence-corrected chi connectivity index (χ2v) is 8.07.